The van der Waals surface area contributed by atoms with Gasteiger partial charge in [-0.15, -0.1) is 0 Å². The van der Waals surface area contributed by atoms with Crippen LogP contribution in [0.15, 0.2) is 0 Å². The monoisotopic (exact) mass is 254 g/mol. The number of carbonyl (C=O) groups is 2. The third-order valence-corrected chi connectivity index (χ3v) is 3.76. The van der Waals surface area contributed by atoms with Gasteiger partial charge in [0.25, 0.3) is 0 Å². The van der Waals surface area contributed by atoms with E-state index in [1.807, 2.05) is 34.6 Å². The van der Waals surface area contributed by atoms with E-state index < -0.39 is 0 Å². The maximum Gasteiger partial charge on any atom is 0.246 e. The zero-order valence-electron chi connectivity index (χ0n) is 12.2. The van der Waals surface area contributed by atoms with Crippen molar-refractivity contribution in [2.24, 2.45) is 11.8 Å². The van der Waals surface area contributed by atoms with Crippen LogP contribution < -0.4 is 5.32 Å². The normalized spacial score (nSPS) is 26.4. The van der Waals surface area contributed by atoms with Gasteiger partial charge in [0.05, 0.1) is 0 Å². The fraction of sp³-hybridized carbons (Fsp3) is 0.857. The lowest BCUT2D eigenvalue weighted by molar-refractivity contribution is -0.152. The van der Waals surface area contributed by atoms with Crippen molar-refractivity contribution in [2.45, 2.75) is 59.5 Å². The van der Waals surface area contributed by atoms with Crippen LogP contribution in [0.3, 0.4) is 0 Å². The van der Waals surface area contributed by atoms with Crippen LogP contribution in [-0.4, -0.2) is 35.3 Å². The summed E-state index contributed by atoms with van der Waals surface area (Å²) in [5, 5.41) is 2.91. The van der Waals surface area contributed by atoms with Gasteiger partial charge in [-0.25, -0.2) is 0 Å². The van der Waals surface area contributed by atoms with Gasteiger partial charge in [-0.05, 0) is 18.3 Å². The Bertz CT molecular complexity index is 315. The number of hydrogen-bond donors (Lipinski definition) is 1. The molecular weight excluding hydrogens is 228 g/mol. The highest BCUT2D eigenvalue weighted by molar-refractivity contribution is 5.97. The summed E-state index contributed by atoms with van der Waals surface area (Å²) in [6, 6.07) is -0.651. The fourth-order valence-electron chi connectivity index (χ4n) is 2.53. The Labute approximate surface area is 110 Å². The summed E-state index contributed by atoms with van der Waals surface area (Å²) < 4.78 is 0. The van der Waals surface area contributed by atoms with Gasteiger partial charge >= 0.3 is 0 Å². The van der Waals surface area contributed by atoms with Crippen LogP contribution in [0.4, 0.5) is 0 Å². The molecule has 0 spiro atoms. The van der Waals surface area contributed by atoms with E-state index in [1.54, 1.807) is 4.90 Å². The molecule has 0 aromatic carbocycles. The van der Waals surface area contributed by atoms with Crippen molar-refractivity contribution in [3.05, 3.63) is 0 Å². The molecule has 1 N–H and O–H groups in total. The molecule has 18 heavy (non-hydrogen) atoms. The summed E-state index contributed by atoms with van der Waals surface area (Å²) in [6.07, 6.45) is 1.78. The first-order valence-corrected chi connectivity index (χ1v) is 7.04. The SMILES string of the molecule is CCCN1C(=O)C(C(C)CC)NC(=O)C1C(C)C. The van der Waals surface area contributed by atoms with E-state index in [2.05, 4.69) is 5.32 Å². The van der Waals surface area contributed by atoms with Crippen molar-refractivity contribution in [3.63, 3.8) is 0 Å². The van der Waals surface area contributed by atoms with Gasteiger partial charge in [0.1, 0.15) is 12.1 Å². The molecule has 0 bridgehead atoms. The number of nitrogens with zero attached hydrogens (tertiary/aromatic N) is 1. The fourth-order valence-corrected chi connectivity index (χ4v) is 2.53. The van der Waals surface area contributed by atoms with Crippen molar-refractivity contribution in [2.75, 3.05) is 6.54 Å². The van der Waals surface area contributed by atoms with E-state index >= 15 is 0 Å². The van der Waals surface area contributed by atoms with E-state index in [1.165, 1.54) is 0 Å². The van der Waals surface area contributed by atoms with E-state index in [9.17, 15) is 9.59 Å². The number of nitrogens with one attached hydrogen (secondary N) is 1. The minimum absolute atomic E-state index is 0.00310. The molecule has 104 valence electrons. The predicted molar refractivity (Wildman–Crippen MR) is 72.0 cm³/mol. The molecule has 1 aliphatic heterocycles. The first-order chi connectivity index (χ1) is 8.43. The summed E-state index contributed by atoms with van der Waals surface area (Å²) in [6.45, 7) is 10.7. The molecule has 0 aromatic rings. The van der Waals surface area contributed by atoms with Crippen LogP contribution in [0, 0.1) is 11.8 Å². The molecule has 0 aromatic heterocycles. The molecule has 0 aliphatic carbocycles. The van der Waals surface area contributed by atoms with Gasteiger partial charge in [-0.3, -0.25) is 9.59 Å². The molecule has 1 aliphatic rings. The number of hydrogen-bond acceptors (Lipinski definition) is 2. The minimum atomic E-state index is -0.343. The smallest absolute Gasteiger partial charge is 0.246 e. The quantitative estimate of drug-likeness (QED) is 0.813. The van der Waals surface area contributed by atoms with Crippen molar-refractivity contribution >= 4 is 11.8 Å². The summed E-state index contributed by atoms with van der Waals surface area (Å²) in [7, 11) is 0. The molecule has 4 heteroatoms. The van der Waals surface area contributed by atoms with E-state index in [-0.39, 0.29) is 35.7 Å². The number of rotatable bonds is 5. The van der Waals surface area contributed by atoms with E-state index in [0.29, 0.717) is 6.54 Å². The molecular formula is C14H26N2O2. The van der Waals surface area contributed by atoms with Gasteiger partial charge in [-0.2, -0.15) is 0 Å². The molecule has 1 heterocycles. The highest BCUT2D eigenvalue weighted by atomic mass is 16.2. The first kappa shape index (κ1) is 15.0. The second kappa shape index (κ2) is 6.21. The predicted octanol–water partition coefficient (Wildman–Crippen LogP) is 1.79. The molecule has 1 fully saturated rings. The van der Waals surface area contributed by atoms with Crippen molar-refractivity contribution in [1.29, 1.82) is 0 Å². The molecule has 0 radical (unpaired) electrons. The zero-order chi connectivity index (χ0) is 13.9. The second-order valence-electron chi connectivity index (χ2n) is 5.59. The van der Waals surface area contributed by atoms with Crippen molar-refractivity contribution in [3.8, 4) is 0 Å². The van der Waals surface area contributed by atoms with Crippen LogP contribution in [-0.2, 0) is 9.59 Å². The zero-order valence-corrected chi connectivity index (χ0v) is 12.2. The lowest BCUT2D eigenvalue weighted by Crippen LogP contribution is -2.66. The third-order valence-electron chi connectivity index (χ3n) is 3.76. The summed E-state index contributed by atoms with van der Waals surface area (Å²) >= 11 is 0. The van der Waals surface area contributed by atoms with Crippen LogP contribution >= 0.6 is 0 Å². The van der Waals surface area contributed by atoms with Gasteiger partial charge < -0.3 is 10.2 Å². The minimum Gasteiger partial charge on any atom is -0.342 e. The molecule has 3 unspecified atom stereocenters. The Kier molecular flexibility index (Phi) is 5.17. The highest BCUT2D eigenvalue weighted by Crippen LogP contribution is 2.22. The standard InChI is InChI=1S/C14H26N2O2/c1-6-8-16-12(9(3)4)13(17)15-11(14(16)18)10(5)7-2/h9-12H,6-8H2,1-5H3,(H,15,17). The molecule has 1 saturated heterocycles. The molecule has 0 saturated carbocycles. The Hall–Kier alpha value is -1.06. The van der Waals surface area contributed by atoms with Gasteiger partial charge in [0.15, 0.2) is 0 Å². The number of piperazine rings is 1. The lowest BCUT2D eigenvalue weighted by atomic mass is 9.91. The van der Waals surface area contributed by atoms with Gasteiger partial charge in [-0.1, -0.05) is 41.0 Å². The van der Waals surface area contributed by atoms with Crippen LogP contribution in [0.2, 0.25) is 0 Å². The molecule has 1 rings (SSSR count). The topological polar surface area (TPSA) is 49.4 Å². The average Bonchev–Trinajstić information content (AvgIpc) is 2.32. The van der Waals surface area contributed by atoms with E-state index in [4.69, 9.17) is 0 Å². The molecule has 3 atom stereocenters. The maximum atomic E-state index is 12.5. The highest BCUT2D eigenvalue weighted by Gasteiger charge is 2.42. The lowest BCUT2D eigenvalue weighted by Gasteiger charge is -2.42. The maximum absolute atomic E-state index is 12.5. The van der Waals surface area contributed by atoms with Gasteiger partial charge in [0.2, 0.25) is 11.8 Å². The molecule has 2 amide bonds. The van der Waals surface area contributed by atoms with Crippen LogP contribution in [0.25, 0.3) is 0 Å². The summed E-state index contributed by atoms with van der Waals surface area (Å²) in [4.78, 5) is 26.5. The Morgan fingerprint density at radius 3 is 2.28 bits per heavy atom. The van der Waals surface area contributed by atoms with Crippen molar-refractivity contribution < 1.29 is 9.59 Å². The number of carbonyl (C=O) groups excluding carboxylic acids is 2. The Morgan fingerprint density at radius 2 is 1.83 bits per heavy atom. The largest absolute Gasteiger partial charge is 0.342 e. The second-order valence-corrected chi connectivity index (χ2v) is 5.59. The Balaban J connectivity index is 2.97. The molecule has 4 nitrogen and oxygen atoms in total. The summed E-state index contributed by atoms with van der Waals surface area (Å²) in [5.41, 5.74) is 0. The Morgan fingerprint density at radius 1 is 1.22 bits per heavy atom. The van der Waals surface area contributed by atoms with Crippen LogP contribution in [0.1, 0.15) is 47.5 Å². The van der Waals surface area contributed by atoms with Crippen LogP contribution in [0.5, 0.6) is 0 Å². The summed E-state index contributed by atoms with van der Waals surface area (Å²) in [5.74, 6) is 0.431. The third kappa shape index (κ3) is 2.85. The average molecular weight is 254 g/mol. The number of amides is 2. The van der Waals surface area contributed by atoms with E-state index in [0.717, 1.165) is 12.8 Å². The van der Waals surface area contributed by atoms with Gasteiger partial charge in [0, 0.05) is 6.54 Å². The van der Waals surface area contributed by atoms with Crippen molar-refractivity contribution in [1.82, 2.24) is 10.2 Å². The first-order valence-electron chi connectivity index (χ1n) is 7.04.